The van der Waals surface area contributed by atoms with Crippen molar-refractivity contribution in [1.82, 2.24) is 0 Å². The highest BCUT2D eigenvalue weighted by Gasteiger charge is 2.19. The molecule has 0 radical (unpaired) electrons. The van der Waals surface area contributed by atoms with E-state index in [0.29, 0.717) is 0 Å². The van der Waals surface area contributed by atoms with Crippen molar-refractivity contribution >= 4 is 11.6 Å². The van der Waals surface area contributed by atoms with Crippen LogP contribution in [0.5, 0.6) is 0 Å². The van der Waals surface area contributed by atoms with Crippen molar-refractivity contribution in [2.24, 2.45) is 0 Å². The third kappa shape index (κ3) is 1.36. The van der Waals surface area contributed by atoms with Crippen LogP contribution in [0.3, 0.4) is 0 Å². The van der Waals surface area contributed by atoms with E-state index in [2.05, 4.69) is 0 Å². The lowest BCUT2D eigenvalue weighted by molar-refractivity contribution is 0.134. The standard InChI is InChI=1S/C6H11ClO/c7-5-3-1-2-4-6(5)8/h5-6,8H,1-4H2/t5-,6+/m1/s1. The van der Waals surface area contributed by atoms with Crippen LogP contribution in [0, 0.1) is 0 Å². The number of aliphatic hydroxyl groups is 1. The van der Waals surface area contributed by atoms with Crippen molar-refractivity contribution in [3.05, 3.63) is 0 Å². The Labute approximate surface area is 54.7 Å². The van der Waals surface area contributed by atoms with E-state index >= 15 is 0 Å². The van der Waals surface area contributed by atoms with Gasteiger partial charge >= 0.3 is 0 Å². The van der Waals surface area contributed by atoms with Crippen LogP contribution in [-0.2, 0) is 0 Å². The zero-order chi connectivity index (χ0) is 5.98. The average molecular weight is 135 g/mol. The van der Waals surface area contributed by atoms with Crippen molar-refractivity contribution in [1.29, 1.82) is 0 Å². The molecule has 0 amide bonds. The molecule has 0 unspecified atom stereocenters. The second-order valence-corrected chi connectivity index (χ2v) is 2.93. The van der Waals surface area contributed by atoms with Gasteiger partial charge in [0.15, 0.2) is 0 Å². The van der Waals surface area contributed by atoms with Crippen molar-refractivity contribution in [3.8, 4) is 0 Å². The van der Waals surface area contributed by atoms with Gasteiger partial charge in [-0.1, -0.05) is 12.8 Å². The summed E-state index contributed by atoms with van der Waals surface area (Å²) in [4.78, 5) is 0. The largest absolute Gasteiger partial charge is 0.392 e. The van der Waals surface area contributed by atoms with Crippen LogP contribution in [0.25, 0.3) is 0 Å². The van der Waals surface area contributed by atoms with Crippen LogP contribution >= 0.6 is 11.6 Å². The number of alkyl halides is 1. The summed E-state index contributed by atoms with van der Waals surface area (Å²) >= 11 is 5.72. The molecule has 1 rings (SSSR count). The zero-order valence-electron chi connectivity index (χ0n) is 4.81. The predicted octanol–water partition coefficient (Wildman–Crippen LogP) is 1.53. The minimum absolute atomic E-state index is 0.0312. The van der Waals surface area contributed by atoms with Crippen molar-refractivity contribution in [2.45, 2.75) is 37.2 Å². The lowest BCUT2D eigenvalue weighted by Crippen LogP contribution is -2.24. The molecule has 0 heterocycles. The molecule has 48 valence electrons. The summed E-state index contributed by atoms with van der Waals surface area (Å²) in [5, 5.41) is 9.08. The van der Waals surface area contributed by atoms with E-state index in [4.69, 9.17) is 16.7 Å². The van der Waals surface area contributed by atoms with Crippen LogP contribution in [0.15, 0.2) is 0 Å². The van der Waals surface area contributed by atoms with E-state index in [1.54, 1.807) is 0 Å². The van der Waals surface area contributed by atoms with Crippen molar-refractivity contribution in [2.75, 3.05) is 0 Å². The van der Waals surface area contributed by atoms with Gasteiger partial charge in [-0.3, -0.25) is 0 Å². The lowest BCUT2D eigenvalue weighted by Gasteiger charge is -2.21. The SMILES string of the molecule is O[C@H]1CCCC[C@H]1Cl. The summed E-state index contributed by atoms with van der Waals surface area (Å²) in [6.07, 6.45) is 3.98. The maximum Gasteiger partial charge on any atom is 0.0703 e. The highest BCUT2D eigenvalue weighted by molar-refractivity contribution is 6.21. The Morgan fingerprint density at radius 2 is 1.88 bits per heavy atom. The fraction of sp³-hybridized carbons (Fsp3) is 1.00. The van der Waals surface area contributed by atoms with Gasteiger partial charge in [0.25, 0.3) is 0 Å². The first-order valence-corrected chi connectivity index (χ1v) is 3.56. The van der Waals surface area contributed by atoms with Gasteiger partial charge in [-0.05, 0) is 12.8 Å². The minimum Gasteiger partial charge on any atom is -0.392 e. The molecule has 0 aromatic carbocycles. The number of hydrogen-bond donors (Lipinski definition) is 1. The van der Waals surface area contributed by atoms with Gasteiger partial charge in [0.05, 0.1) is 11.5 Å². The molecular weight excluding hydrogens is 124 g/mol. The van der Waals surface area contributed by atoms with Gasteiger partial charge in [0.1, 0.15) is 0 Å². The molecule has 0 aromatic heterocycles. The number of hydrogen-bond acceptors (Lipinski definition) is 1. The smallest absolute Gasteiger partial charge is 0.0703 e. The van der Waals surface area contributed by atoms with Crippen molar-refractivity contribution < 1.29 is 5.11 Å². The van der Waals surface area contributed by atoms with Crippen LogP contribution in [0.2, 0.25) is 0 Å². The number of rotatable bonds is 0. The van der Waals surface area contributed by atoms with Gasteiger partial charge in [-0.25, -0.2) is 0 Å². The summed E-state index contributed by atoms with van der Waals surface area (Å²) in [5.41, 5.74) is 0. The molecule has 2 heteroatoms. The quantitative estimate of drug-likeness (QED) is 0.499. The topological polar surface area (TPSA) is 20.2 Å². The monoisotopic (exact) mass is 134 g/mol. The minimum atomic E-state index is -0.231. The summed E-state index contributed by atoms with van der Waals surface area (Å²) < 4.78 is 0. The van der Waals surface area contributed by atoms with E-state index in [1.165, 1.54) is 6.42 Å². The summed E-state index contributed by atoms with van der Waals surface area (Å²) in [7, 11) is 0. The molecule has 1 saturated carbocycles. The molecule has 1 N–H and O–H groups in total. The molecule has 1 aliphatic carbocycles. The highest BCUT2D eigenvalue weighted by atomic mass is 35.5. The molecular formula is C6H11ClO. The molecule has 1 aliphatic rings. The van der Waals surface area contributed by atoms with E-state index in [9.17, 15) is 0 Å². The molecule has 8 heavy (non-hydrogen) atoms. The van der Waals surface area contributed by atoms with Crippen molar-refractivity contribution in [3.63, 3.8) is 0 Å². The van der Waals surface area contributed by atoms with E-state index in [-0.39, 0.29) is 11.5 Å². The van der Waals surface area contributed by atoms with Gasteiger partial charge in [0.2, 0.25) is 0 Å². The molecule has 0 aliphatic heterocycles. The van der Waals surface area contributed by atoms with Crippen LogP contribution < -0.4 is 0 Å². The number of halogens is 1. The Kier molecular flexibility index (Phi) is 2.15. The average Bonchev–Trinajstić information content (AvgIpc) is 1.77. The summed E-state index contributed by atoms with van der Waals surface area (Å²) in [6.45, 7) is 0. The van der Waals surface area contributed by atoms with E-state index in [1.807, 2.05) is 0 Å². The second-order valence-electron chi connectivity index (χ2n) is 2.37. The first-order chi connectivity index (χ1) is 3.80. The molecule has 1 fully saturated rings. The van der Waals surface area contributed by atoms with Gasteiger partial charge < -0.3 is 5.11 Å². The van der Waals surface area contributed by atoms with Crippen LogP contribution in [0.4, 0.5) is 0 Å². The Balaban J connectivity index is 2.28. The van der Waals surface area contributed by atoms with Gasteiger partial charge in [0, 0.05) is 0 Å². The van der Waals surface area contributed by atoms with E-state index < -0.39 is 0 Å². The number of aliphatic hydroxyl groups excluding tert-OH is 1. The molecule has 0 saturated heterocycles. The fourth-order valence-corrected chi connectivity index (χ4v) is 1.35. The first-order valence-electron chi connectivity index (χ1n) is 3.13. The highest BCUT2D eigenvalue weighted by Crippen LogP contribution is 2.22. The van der Waals surface area contributed by atoms with Gasteiger partial charge in [-0.15, -0.1) is 11.6 Å². The zero-order valence-corrected chi connectivity index (χ0v) is 5.56. The normalized spacial score (nSPS) is 39.8. The molecule has 0 bridgehead atoms. The second kappa shape index (κ2) is 2.70. The third-order valence-corrected chi connectivity index (χ3v) is 2.16. The molecule has 1 nitrogen and oxygen atoms in total. The first kappa shape index (κ1) is 6.37. The van der Waals surface area contributed by atoms with E-state index in [0.717, 1.165) is 19.3 Å². The van der Waals surface area contributed by atoms with Gasteiger partial charge in [-0.2, -0.15) is 0 Å². The van der Waals surface area contributed by atoms with Crippen LogP contribution in [0.1, 0.15) is 25.7 Å². The maximum atomic E-state index is 9.05. The molecule has 0 aromatic rings. The molecule has 2 atom stereocenters. The maximum absolute atomic E-state index is 9.05. The lowest BCUT2D eigenvalue weighted by atomic mass is 9.98. The summed E-state index contributed by atoms with van der Waals surface area (Å²) in [5.74, 6) is 0. The fourth-order valence-electron chi connectivity index (χ4n) is 1.07. The Hall–Kier alpha value is 0.250. The third-order valence-electron chi connectivity index (χ3n) is 1.65. The molecule has 0 spiro atoms. The Morgan fingerprint density at radius 1 is 1.25 bits per heavy atom. The van der Waals surface area contributed by atoms with Crippen LogP contribution in [-0.4, -0.2) is 16.6 Å². The summed E-state index contributed by atoms with van der Waals surface area (Å²) in [6, 6.07) is 0. The Bertz CT molecular complexity index is 64.9. The predicted molar refractivity (Wildman–Crippen MR) is 34.1 cm³/mol. The Morgan fingerprint density at radius 3 is 2.25 bits per heavy atom.